The molecule has 142 valence electrons. The molecule has 3 N–H and O–H groups in total. The number of hydrogen-bond acceptors (Lipinski definition) is 6. The molecule has 0 aromatic carbocycles. The van der Waals surface area contributed by atoms with Crippen LogP contribution in [0.1, 0.15) is 29.5 Å². The first-order valence-corrected chi connectivity index (χ1v) is 8.30. The lowest BCUT2D eigenvalue weighted by Crippen LogP contribution is -2.47. The molecular formula is C16H23N5O5. The van der Waals surface area contributed by atoms with E-state index in [1.165, 1.54) is 18.2 Å². The van der Waals surface area contributed by atoms with E-state index in [2.05, 4.69) is 20.6 Å². The molecule has 1 aromatic heterocycles. The molecule has 1 saturated heterocycles. The number of aryl methyl sites for hydroxylation is 1. The van der Waals surface area contributed by atoms with Crippen molar-refractivity contribution in [3.05, 3.63) is 27.9 Å². The highest BCUT2D eigenvalue weighted by Crippen LogP contribution is 2.19. The summed E-state index contributed by atoms with van der Waals surface area (Å²) in [5.74, 6) is -0.821. The Hall–Kier alpha value is -2.75. The Bertz CT molecular complexity index is 721. The summed E-state index contributed by atoms with van der Waals surface area (Å²) >= 11 is 0. The molecular weight excluding hydrogens is 342 g/mol. The normalized spacial score (nSPS) is 19.3. The molecule has 2 heterocycles. The summed E-state index contributed by atoms with van der Waals surface area (Å²) < 4.78 is 4.85. The maximum atomic E-state index is 12.3. The molecule has 2 atom stereocenters. The fourth-order valence-electron chi connectivity index (χ4n) is 2.87. The number of ether oxygens (including phenoxy) is 1. The Kier molecular flexibility index (Phi) is 6.45. The number of H-pyrrole nitrogens is 1. The minimum Gasteiger partial charge on any atom is -0.375 e. The first kappa shape index (κ1) is 19.6. The van der Waals surface area contributed by atoms with Crippen molar-refractivity contribution >= 4 is 17.7 Å². The van der Waals surface area contributed by atoms with Gasteiger partial charge < -0.3 is 25.3 Å². The van der Waals surface area contributed by atoms with Crippen molar-refractivity contribution in [2.75, 3.05) is 26.8 Å². The molecule has 1 aliphatic heterocycles. The Balaban J connectivity index is 2.12. The van der Waals surface area contributed by atoms with Crippen LogP contribution in [0.25, 0.3) is 0 Å². The van der Waals surface area contributed by atoms with Gasteiger partial charge in [0.15, 0.2) is 0 Å². The zero-order valence-electron chi connectivity index (χ0n) is 15.0. The lowest BCUT2D eigenvalue weighted by Gasteiger charge is -2.23. The van der Waals surface area contributed by atoms with E-state index in [9.17, 15) is 19.2 Å². The second-order valence-electron chi connectivity index (χ2n) is 6.01. The van der Waals surface area contributed by atoms with Crippen LogP contribution in [0.15, 0.2) is 11.0 Å². The van der Waals surface area contributed by atoms with Gasteiger partial charge in [-0.15, -0.1) is 0 Å². The van der Waals surface area contributed by atoms with Crippen LogP contribution in [0, 0.1) is 6.92 Å². The predicted molar refractivity (Wildman–Crippen MR) is 91.5 cm³/mol. The van der Waals surface area contributed by atoms with Crippen molar-refractivity contribution < 1.29 is 19.1 Å². The molecule has 0 unspecified atom stereocenters. The van der Waals surface area contributed by atoms with E-state index in [-0.39, 0.29) is 37.0 Å². The minimum absolute atomic E-state index is 0.119. The first-order valence-electron chi connectivity index (χ1n) is 8.30. The molecule has 0 spiro atoms. The highest BCUT2D eigenvalue weighted by molar-refractivity contribution is 5.94. The summed E-state index contributed by atoms with van der Waals surface area (Å²) in [5, 5.41) is 5.38. The summed E-state index contributed by atoms with van der Waals surface area (Å²) in [6.45, 7) is 3.83. The standard InChI is InChI=1S/C16H23N5O5/c1-4-17-16(25)12-5-10(7-21(12)13(22)8-26-3)20-15(24)11-6-18-9(2)19-14(11)23/h6,10,12H,4-5,7-8H2,1-3H3,(H,17,25)(H,20,24)(H,18,19,23)/t10-,12-/m0/s1. The van der Waals surface area contributed by atoms with Crippen LogP contribution in [0.3, 0.4) is 0 Å². The van der Waals surface area contributed by atoms with Gasteiger partial charge in [0.2, 0.25) is 11.8 Å². The number of likely N-dealkylation sites (N-methyl/N-ethyl adjacent to an activating group) is 1. The molecule has 0 bridgehead atoms. The molecule has 1 fully saturated rings. The second-order valence-corrected chi connectivity index (χ2v) is 6.01. The number of hydrogen-bond donors (Lipinski definition) is 3. The van der Waals surface area contributed by atoms with Crippen molar-refractivity contribution in [1.29, 1.82) is 0 Å². The Morgan fingerprint density at radius 2 is 2.15 bits per heavy atom. The quantitative estimate of drug-likeness (QED) is 0.565. The smallest absolute Gasteiger partial charge is 0.263 e. The number of carbonyl (C=O) groups excluding carboxylic acids is 3. The molecule has 0 radical (unpaired) electrons. The largest absolute Gasteiger partial charge is 0.375 e. The van der Waals surface area contributed by atoms with E-state index in [0.717, 1.165) is 0 Å². The fraction of sp³-hybridized carbons (Fsp3) is 0.562. The van der Waals surface area contributed by atoms with Crippen LogP contribution in [0.4, 0.5) is 0 Å². The lowest BCUT2D eigenvalue weighted by molar-refractivity contribution is -0.141. The Morgan fingerprint density at radius 1 is 1.42 bits per heavy atom. The topological polar surface area (TPSA) is 133 Å². The van der Waals surface area contributed by atoms with Gasteiger partial charge >= 0.3 is 0 Å². The van der Waals surface area contributed by atoms with Gasteiger partial charge in [0, 0.05) is 32.4 Å². The highest BCUT2D eigenvalue weighted by Gasteiger charge is 2.40. The number of aromatic amines is 1. The first-order chi connectivity index (χ1) is 12.4. The van der Waals surface area contributed by atoms with E-state index >= 15 is 0 Å². The maximum Gasteiger partial charge on any atom is 0.263 e. The van der Waals surface area contributed by atoms with Gasteiger partial charge in [0.25, 0.3) is 11.5 Å². The molecule has 0 aliphatic carbocycles. The van der Waals surface area contributed by atoms with Crippen LogP contribution < -0.4 is 16.2 Å². The van der Waals surface area contributed by atoms with Crippen LogP contribution in [-0.2, 0) is 14.3 Å². The minimum atomic E-state index is -0.697. The zero-order valence-corrected chi connectivity index (χ0v) is 15.0. The molecule has 10 heteroatoms. The molecule has 1 aliphatic rings. The van der Waals surface area contributed by atoms with Crippen molar-refractivity contribution in [1.82, 2.24) is 25.5 Å². The monoisotopic (exact) mass is 365 g/mol. The average Bonchev–Trinajstić information content (AvgIpc) is 2.99. The number of aromatic nitrogens is 2. The lowest BCUT2D eigenvalue weighted by atomic mass is 10.1. The predicted octanol–water partition coefficient (Wildman–Crippen LogP) is -1.44. The van der Waals surface area contributed by atoms with Gasteiger partial charge in [-0.25, -0.2) is 4.98 Å². The van der Waals surface area contributed by atoms with E-state index in [1.807, 2.05) is 0 Å². The van der Waals surface area contributed by atoms with Gasteiger partial charge in [-0.05, 0) is 20.3 Å². The number of rotatable bonds is 6. The number of likely N-dealkylation sites (tertiary alicyclic amines) is 1. The van der Waals surface area contributed by atoms with Crippen LogP contribution in [0.2, 0.25) is 0 Å². The van der Waals surface area contributed by atoms with Gasteiger partial charge in [-0.2, -0.15) is 0 Å². The molecule has 2 rings (SSSR count). The third-order valence-electron chi connectivity index (χ3n) is 4.05. The van der Waals surface area contributed by atoms with Crippen molar-refractivity contribution in [3.8, 4) is 0 Å². The molecule has 26 heavy (non-hydrogen) atoms. The number of nitrogens with zero attached hydrogens (tertiary/aromatic N) is 2. The van der Waals surface area contributed by atoms with Gasteiger partial charge in [0.05, 0.1) is 0 Å². The number of carbonyl (C=O) groups is 3. The third kappa shape index (κ3) is 4.45. The summed E-state index contributed by atoms with van der Waals surface area (Å²) in [6, 6.07) is -1.16. The third-order valence-corrected chi connectivity index (χ3v) is 4.05. The zero-order chi connectivity index (χ0) is 19.3. The Morgan fingerprint density at radius 3 is 2.77 bits per heavy atom. The fourth-order valence-corrected chi connectivity index (χ4v) is 2.87. The molecule has 3 amide bonds. The van der Waals surface area contributed by atoms with E-state index in [0.29, 0.717) is 12.4 Å². The van der Waals surface area contributed by atoms with Crippen molar-refractivity contribution in [2.45, 2.75) is 32.4 Å². The second kappa shape index (κ2) is 8.56. The molecule has 10 nitrogen and oxygen atoms in total. The van der Waals surface area contributed by atoms with E-state index < -0.39 is 23.6 Å². The summed E-state index contributed by atoms with van der Waals surface area (Å²) in [6.07, 6.45) is 1.46. The number of methoxy groups -OCH3 is 1. The van der Waals surface area contributed by atoms with E-state index in [1.54, 1.807) is 13.8 Å². The van der Waals surface area contributed by atoms with Crippen LogP contribution in [-0.4, -0.2) is 71.5 Å². The summed E-state index contributed by atoms with van der Waals surface area (Å²) in [5.41, 5.74) is -0.660. The number of nitrogens with one attached hydrogen (secondary N) is 3. The van der Waals surface area contributed by atoms with Crippen LogP contribution in [0.5, 0.6) is 0 Å². The number of amides is 3. The SMILES string of the molecule is CCNC(=O)[C@@H]1C[C@H](NC(=O)c2cnc(C)[nH]c2=O)CN1C(=O)COC. The Labute approximate surface area is 150 Å². The van der Waals surface area contributed by atoms with E-state index in [4.69, 9.17) is 4.74 Å². The van der Waals surface area contributed by atoms with Crippen molar-refractivity contribution in [3.63, 3.8) is 0 Å². The van der Waals surface area contributed by atoms with Crippen molar-refractivity contribution in [2.24, 2.45) is 0 Å². The summed E-state index contributed by atoms with van der Waals surface area (Å²) in [7, 11) is 1.39. The maximum absolute atomic E-state index is 12.3. The molecule has 1 aromatic rings. The average molecular weight is 365 g/mol. The van der Waals surface area contributed by atoms with Gasteiger partial charge in [-0.1, -0.05) is 0 Å². The van der Waals surface area contributed by atoms with Gasteiger partial charge in [-0.3, -0.25) is 19.2 Å². The van der Waals surface area contributed by atoms with Crippen LogP contribution >= 0.6 is 0 Å². The summed E-state index contributed by atoms with van der Waals surface area (Å²) in [4.78, 5) is 56.4. The van der Waals surface area contributed by atoms with Gasteiger partial charge in [0.1, 0.15) is 24.0 Å². The molecule has 0 saturated carbocycles. The highest BCUT2D eigenvalue weighted by atomic mass is 16.5.